The number of halogens is 4. The van der Waals surface area contributed by atoms with Crippen LogP contribution < -0.4 is 5.43 Å². The van der Waals surface area contributed by atoms with Gasteiger partial charge >= 0.3 is 6.18 Å². The fourth-order valence-electron chi connectivity index (χ4n) is 0.835. The number of benzene rings is 1. The Kier molecular flexibility index (Phi) is 4.05. The Bertz CT molecular complexity index is 444. The third kappa shape index (κ3) is 4.02. The van der Waals surface area contributed by atoms with Crippen LogP contribution in [0.4, 0.5) is 24.5 Å². The molecule has 0 saturated carbocycles. The average Bonchev–Trinajstić information content (AvgIpc) is 2.25. The number of nitrogens with one attached hydrogen (secondary N) is 1. The van der Waals surface area contributed by atoms with Crippen LogP contribution in [0.3, 0.4) is 0 Å². The van der Waals surface area contributed by atoms with Crippen molar-refractivity contribution in [2.75, 3.05) is 5.43 Å². The number of anilines is 1. The molecular formula is C8H5BrF3N3O2. The van der Waals surface area contributed by atoms with Gasteiger partial charge in [-0.2, -0.15) is 18.3 Å². The summed E-state index contributed by atoms with van der Waals surface area (Å²) in [6.45, 7) is 0. The second kappa shape index (κ2) is 5.13. The maximum absolute atomic E-state index is 12.0. The van der Waals surface area contributed by atoms with Crippen LogP contribution in [-0.2, 0) is 0 Å². The highest BCUT2D eigenvalue weighted by atomic mass is 79.9. The molecule has 1 aromatic rings. The van der Waals surface area contributed by atoms with Crippen LogP contribution >= 0.6 is 15.9 Å². The van der Waals surface area contributed by atoms with Crippen LogP contribution in [-0.4, -0.2) is 15.7 Å². The number of nitro benzene ring substituents is 1. The van der Waals surface area contributed by atoms with Crippen LogP contribution in [0, 0.1) is 10.1 Å². The van der Waals surface area contributed by atoms with E-state index in [4.69, 9.17) is 0 Å². The van der Waals surface area contributed by atoms with Gasteiger partial charge in [0.1, 0.15) is 0 Å². The summed E-state index contributed by atoms with van der Waals surface area (Å²) in [4.78, 5) is 9.70. The van der Waals surface area contributed by atoms with E-state index in [-0.39, 0.29) is 11.4 Å². The molecule has 0 atom stereocenters. The van der Waals surface area contributed by atoms with Gasteiger partial charge in [-0.3, -0.25) is 15.5 Å². The van der Waals surface area contributed by atoms with Crippen molar-refractivity contribution in [2.45, 2.75) is 6.18 Å². The second-order valence-corrected chi connectivity index (χ2v) is 3.57. The van der Waals surface area contributed by atoms with Gasteiger partial charge < -0.3 is 0 Å². The van der Waals surface area contributed by atoms with E-state index in [1.807, 2.05) is 0 Å². The van der Waals surface area contributed by atoms with Gasteiger partial charge in [-0.15, -0.1) is 0 Å². The van der Waals surface area contributed by atoms with E-state index in [1.165, 1.54) is 12.1 Å². The fraction of sp³-hybridized carbons (Fsp3) is 0.125. The van der Waals surface area contributed by atoms with Crippen molar-refractivity contribution in [2.24, 2.45) is 5.10 Å². The first-order valence-corrected chi connectivity index (χ1v) is 4.91. The largest absolute Gasteiger partial charge is 0.441 e. The number of nitrogens with zero attached hydrogens (tertiary/aromatic N) is 2. The van der Waals surface area contributed by atoms with Crippen molar-refractivity contribution >= 4 is 31.9 Å². The van der Waals surface area contributed by atoms with Crippen molar-refractivity contribution in [1.82, 2.24) is 0 Å². The highest BCUT2D eigenvalue weighted by Crippen LogP contribution is 2.22. The molecule has 1 rings (SSSR count). The van der Waals surface area contributed by atoms with E-state index in [2.05, 4.69) is 26.5 Å². The van der Waals surface area contributed by atoms with Gasteiger partial charge in [0.05, 0.1) is 10.6 Å². The van der Waals surface area contributed by atoms with E-state index in [9.17, 15) is 23.3 Å². The standard InChI is InChI=1S/C8H5BrF3N3O2/c9-7(8(10,11)12)14-13-5-1-3-6(4-2-5)15(16)17/h1-4,13H. The van der Waals surface area contributed by atoms with Crippen molar-refractivity contribution < 1.29 is 18.1 Å². The lowest BCUT2D eigenvalue weighted by atomic mass is 10.3. The van der Waals surface area contributed by atoms with E-state index >= 15 is 0 Å². The van der Waals surface area contributed by atoms with Crippen LogP contribution in [0.5, 0.6) is 0 Å². The van der Waals surface area contributed by atoms with Crippen molar-refractivity contribution in [3.05, 3.63) is 34.4 Å². The molecule has 0 spiro atoms. The zero-order valence-electron chi connectivity index (χ0n) is 8.03. The fourth-order valence-corrected chi connectivity index (χ4v) is 0.923. The lowest BCUT2D eigenvalue weighted by molar-refractivity contribution is -0.384. The van der Waals surface area contributed by atoms with Gasteiger partial charge in [-0.25, -0.2) is 0 Å². The maximum Gasteiger partial charge on any atom is 0.441 e. The highest BCUT2D eigenvalue weighted by Gasteiger charge is 2.34. The normalized spacial score (nSPS) is 12.4. The Balaban J connectivity index is 2.74. The first kappa shape index (κ1) is 13.4. The molecule has 0 bridgehead atoms. The first-order chi connectivity index (χ1) is 7.80. The van der Waals surface area contributed by atoms with Crippen LogP contribution in [0.15, 0.2) is 29.4 Å². The van der Waals surface area contributed by atoms with E-state index in [1.54, 1.807) is 0 Å². The van der Waals surface area contributed by atoms with E-state index in [0.29, 0.717) is 0 Å². The SMILES string of the molecule is O=[N+]([O-])c1ccc(NN=C(Br)C(F)(F)F)cc1. The minimum Gasteiger partial charge on any atom is -0.277 e. The molecular weight excluding hydrogens is 307 g/mol. The predicted octanol–water partition coefficient (Wildman–Crippen LogP) is 3.28. The summed E-state index contributed by atoms with van der Waals surface area (Å²) in [7, 11) is 0. The van der Waals surface area contributed by atoms with Crippen molar-refractivity contribution in [1.29, 1.82) is 0 Å². The number of alkyl halides is 3. The lowest BCUT2D eigenvalue weighted by Gasteiger charge is -2.04. The summed E-state index contributed by atoms with van der Waals surface area (Å²) in [5.74, 6) is 0. The smallest absolute Gasteiger partial charge is 0.277 e. The number of non-ortho nitro benzene ring substituents is 1. The van der Waals surface area contributed by atoms with E-state index < -0.39 is 15.7 Å². The molecule has 17 heavy (non-hydrogen) atoms. The molecule has 92 valence electrons. The summed E-state index contributed by atoms with van der Waals surface area (Å²) in [6.07, 6.45) is -4.58. The molecule has 5 nitrogen and oxygen atoms in total. The molecule has 0 aliphatic heterocycles. The molecule has 0 fully saturated rings. The van der Waals surface area contributed by atoms with Gasteiger partial charge in [-0.1, -0.05) is 0 Å². The molecule has 0 aliphatic rings. The minimum absolute atomic E-state index is 0.158. The molecule has 1 N–H and O–H groups in total. The third-order valence-corrected chi connectivity index (χ3v) is 2.22. The van der Waals surface area contributed by atoms with Gasteiger partial charge in [0.2, 0.25) is 4.62 Å². The molecule has 1 aromatic carbocycles. The third-order valence-electron chi connectivity index (χ3n) is 1.60. The molecule has 0 heterocycles. The molecule has 0 radical (unpaired) electrons. The van der Waals surface area contributed by atoms with Gasteiger partial charge in [0, 0.05) is 12.1 Å². The predicted molar refractivity (Wildman–Crippen MR) is 59.1 cm³/mol. The van der Waals surface area contributed by atoms with Crippen molar-refractivity contribution in [3.8, 4) is 0 Å². The van der Waals surface area contributed by atoms with E-state index in [0.717, 1.165) is 12.1 Å². The van der Waals surface area contributed by atoms with Gasteiger partial charge in [-0.05, 0) is 28.1 Å². The summed E-state index contributed by atoms with van der Waals surface area (Å²) >= 11 is 2.25. The molecule has 0 unspecified atom stereocenters. The minimum atomic E-state index is -4.58. The Hall–Kier alpha value is -1.64. The maximum atomic E-state index is 12.0. The Morgan fingerprint density at radius 2 is 1.88 bits per heavy atom. The molecule has 0 amide bonds. The second-order valence-electron chi connectivity index (χ2n) is 2.82. The lowest BCUT2D eigenvalue weighted by Crippen LogP contribution is -2.17. The Morgan fingerprint density at radius 3 is 2.29 bits per heavy atom. The quantitative estimate of drug-likeness (QED) is 0.529. The number of hydrogen-bond donors (Lipinski definition) is 1. The van der Waals surface area contributed by atoms with Crippen LogP contribution in [0.25, 0.3) is 0 Å². The summed E-state index contributed by atoms with van der Waals surface area (Å²) in [5.41, 5.74) is 2.16. The number of hydrogen-bond acceptors (Lipinski definition) is 4. The summed E-state index contributed by atoms with van der Waals surface area (Å²) < 4.78 is 34.8. The summed E-state index contributed by atoms with van der Waals surface area (Å²) in [6, 6.07) is 4.80. The number of nitro groups is 1. The van der Waals surface area contributed by atoms with Crippen LogP contribution in [0.1, 0.15) is 0 Å². The molecule has 0 saturated heterocycles. The molecule has 0 aliphatic carbocycles. The van der Waals surface area contributed by atoms with Gasteiger partial charge in [0.25, 0.3) is 5.69 Å². The molecule has 9 heteroatoms. The average molecular weight is 312 g/mol. The summed E-state index contributed by atoms with van der Waals surface area (Å²) in [5, 5.41) is 13.3. The monoisotopic (exact) mass is 311 g/mol. The van der Waals surface area contributed by atoms with Crippen LogP contribution in [0.2, 0.25) is 0 Å². The highest BCUT2D eigenvalue weighted by molar-refractivity contribution is 9.18. The Morgan fingerprint density at radius 1 is 1.35 bits per heavy atom. The zero-order chi connectivity index (χ0) is 13.1. The number of rotatable bonds is 3. The first-order valence-electron chi connectivity index (χ1n) is 4.11. The number of hydrazone groups is 1. The van der Waals surface area contributed by atoms with Crippen molar-refractivity contribution in [3.63, 3.8) is 0 Å². The van der Waals surface area contributed by atoms with Gasteiger partial charge in [0.15, 0.2) is 0 Å². The topological polar surface area (TPSA) is 67.5 Å². The molecule has 0 aromatic heterocycles. The Labute approximate surface area is 102 Å². The zero-order valence-corrected chi connectivity index (χ0v) is 9.62.